The highest BCUT2D eigenvalue weighted by Crippen LogP contribution is 2.34. The van der Waals surface area contributed by atoms with Crippen molar-refractivity contribution in [2.45, 2.75) is 44.7 Å². The summed E-state index contributed by atoms with van der Waals surface area (Å²) in [5, 5.41) is 0.748. The van der Waals surface area contributed by atoms with Crippen LogP contribution in [0.15, 0.2) is 22.7 Å². The summed E-state index contributed by atoms with van der Waals surface area (Å²) in [6, 6.07) is 7.03. The van der Waals surface area contributed by atoms with Crippen LogP contribution in [0.3, 0.4) is 0 Å². The van der Waals surface area contributed by atoms with Gasteiger partial charge in [-0.1, -0.05) is 37.4 Å². The van der Waals surface area contributed by atoms with Crippen LogP contribution in [-0.4, -0.2) is 24.5 Å². The maximum atomic E-state index is 6.09. The summed E-state index contributed by atoms with van der Waals surface area (Å²) in [7, 11) is 2.21. The highest BCUT2D eigenvalue weighted by Gasteiger charge is 2.29. The van der Waals surface area contributed by atoms with E-state index >= 15 is 0 Å². The first-order valence-corrected chi connectivity index (χ1v) is 8.58. The number of nitrogens with zero attached hydrogens (tertiary/aromatic N) is 1. The third-order valence-corrected chi connectivity index (χ3v) is 5.85. The van der Waals surface area contributed by atoms with Crippen LogP contribution in [-0.2, 0) is 0 Å². The number of rotatable bonds is 4. The van der Waals surface area contributed by atoms with Crippen molar-refractivity contribution in [2.24, 2.45) is 11.7 Å². The van der Waals surface area contributed by atoms with Gasteiger partial charge >= 0.3 is 0 Å². The summed E-state index contributed by atoms with van der Waals surface area (Å²) in [4.78, 5) is 2.47. The molecule has 0 aromatic heterocycles. The molecule has 0 saturated heterocycles. The Morgan fingerprint density at radius 1 is 1.40 bits per heavy atom. The molecule has 4 heteroatoms. The minimum absolute atomic E-state index is 0.258. The molecule has 2 nitrogen and oxygen atoms in total. The fourth-order valence-electron chi connectivity index (χ4n) is 3.39. The van der Waals surface area contributed by atoms with Crippen LogP contribution in [0.1, 0.15) is 44.2 Å². The first-order chi connectivity index (χ1) is 9.54. The molecule has 0 bridgehead atoms. The molecule has 20 heavy (non-hydrogen) atoms. The second kappa shape index (κ2) is 7.26. The first-order valence-electron chi connectivity index (χ1n) is 7.41. The molecule has 0 radical (unpaired) electrons. The molecule has 1 aliphatic rings. The van der Waals surface area contributed by atoms with Crippen molar-refractivity contribution in [2.75, 3.05) is 13.6 Å². The second-order valence-electron chi connectivity index (χ2n) is 5.92. The van der Waals surface area contributed by atoms with Gasteiger partial charge in [0.15, 0.2) is 0 Å². The van der Waals surface area contributed by atoms with Gasteiger partial charge in [0.2, 0.25) is 0 Å². The standard InChI is InChI=1S/C16H24BrClN2/c1-11-5-3-4-6-15(11)20(2)16(10-19)12-7-8-14(18)13(17)9-12/h7-9,11,15-16H,3-6,10,19H2,1-2H3. The lowest BCUT2D eigenvalue weighted by Gasteiger charge is -2.40. The molecule has 2 rings (SSSR count). The molecule has 1 aromatic rings. The molecule has 1 aliphatic carbocycles. The van der Waals surface area contributed by atoms with E-state index in [1.165, 1.54) is 31.2 Å². The fourth-order valence-corrected chi connectivity index (χ4v) is 3.90. The smallest absolute Gasteiger partial charge is 0.0548 e. The van der Waals surface area contributed by atoms with Crippen molar-refractivity contribution in [1.29, 1.82) is 0 Å². The molecule has 0 spiro atoms. The third-order valence-electron chi connectivity index (χ3n) is 4.63. The molecule has 3 atom stereocenters. The van der Waals surface area contributed by atoms with Crippen LogP contribution in [0, 0.1) is 5.92 Å². The van der Waals surface area contributed by atoms with E-state index in [1.807, 2.05) is 6.07 Å². The Kier molecular flexibility index (Phi) is 5.91. The van der Waals surface area contributed by atoms with Gasteiger partial charge < -0.3 is 5.73 Å². The van der Waals surface area contributed by atoms with Gasteiger partial charge in [0.1, 0.15) is 0 Å². The summed E-state index contributed by atoms with van der Waals surface area (Å²) in [6.07, 6.45) is 5.31. The van der Waals surface area contributed by atoms with Crippen molar-refractivity contribution in [3.05, 3.63) is 33.3 Å². The van der Waals surface area contributed by atoms with Gasteiger partial charge in [-0.2, -0.15) is 0 Å². The Bertz CT molecular complexity index is 452. The molecule has 2 N–H and O–H groups in total. The molecule has 112 valence electrons. The molecular weight excluding hydrogens is 336 g/mol. The summed E-state index contributed by atoms with van der Waals surface area (Å²) in [5.74, 6) is 0.749. The highest BCUT2D eigenvalue weighted by atomic mass is 79.9. The third kappa shape index (κ3) is 3.56. The summed E-state index contributed by atoms with van der Waals surface area (Å²) >= 11 is 9.60. The maximum absolute atomic E-state index is 6.09. The Labute approximate surface area is 135 Å². The van der Waals surface area contributed by atoms with Crippen molar-refractivity contribution >= 4 is 27.5 Å². The lowest BCUT2D eigenvalue weighted by atomic mass is 9.84. The van der Waals surface area contributed by atoms with Gasteiger partial charge in [0.25, 0.3) is 0 Å². The fraction of sp³-hybridized carbons (Fsp3) is 0.625. The quantitative estimate of drug-likeness (QED) is 0.850. The lowest BCUT2D eigenvalue weighted by molar-refractivity contribution is 0.0992. The van der Waals surface area contributed by atoms with Gasteiger partial charge in [-0.3, -0.25) is 4.90 Å². The van der Waals surface area contributed by atoms with E-state index in [1.54, 1.807) is 0 Å². The second-order valence-corrected chi connectivity index (χ2v) is 7.18. The Balaban J connectivity index is 2.19. The van der Waals surface area contributed by atoms with E-state index in [4.69, 9.17) is 17.3 Å². The maximum Gasteiger partial charge on any atom is 0.0548 e. The van der Waals surface area contributed by atoms with Crippen LogP contribution in [0.2, 0.25) is 5.02 Å². The predicted octanol–water partition coefficient (Wildman–Crippen LogP) is 4.61. The van der Waals surface area contributed by atoms with E-state index in [0.717, 1.165) is 15.4 Å². The minimum atomic E-state index is 0.258. The molecule has 0 aliphatic heterocycles. The normalized spacial score (nSPS) is 24.9. The van der Waals surface area contributed by atoms with Gasteiger partial charge in [-0.25, -0.2) is 0 Å². The van der Waals surface area contributed by atoms with Crippen LogP contribution in [0.4, 0.5) is 0 Å². The van der Waals surface area contributed by atoms with Crippen LogP contribution < -0.4 is 5.73 Å². The van der Waals surface area contributed by atoms with Crippen LogP contribution in [0.5, 0.6) is 0 Å². The van der Waals surface area contributed by atoms with Gasteiger partial charge in [0.05, 0.1) is 5.02 Å². The molecule has 1 aromatic carbocycles. The van der Waals surface area contributed by atoms with Crippen molar-refractivity contribution in [3.63, 3.8) is 0 Å². The number of halogens is 2. The van der Waals surface area contributed by atoms with Gasteiger partial charge in [-0.15, -0.1) is 0 Å². The molecule has 0 heterocycles. The van der Waals surface area contributed by atoms with Crippen molar-refractivity contribution in [3.8, 4) is 0 Å². The Hall–Kier alpha value is -0.0900. The lowest BCUT2D eigenvalue weighted by Crippen LogP contribution is -2.43. The summed E-state index contributed by atoms with van der Waals surface area (Å²) in [6.45, 7) is 3.00. The average Bonchev–Trinajstić information content (AvgIpc) is 2.44. The first kappa shape index (κ1) is 16.3. The Morgan fingerprint density at radius 2 is 2.10 bits per heavy atom. The van der Waals surface area contributed by atoms with Crippen LogP contribution >= 0.6 is 27.5 Å². The number of nitrogens with two attached hydrogens (primary N) is 1. The van der Waals surface area contributed by atoms with E-state index in [-0.39, 0.29) is 6.04 Å². The Morgan fingerprint density at radius 3 is 2.70 bits per heavy atom. The summed E-state index contributed by atoms with van der Waals surface area (Å²) < 4.78 is 0.945. The molecule has 0 amide bonds. The zero-order valence-corrected chi connectivity index (χ0v) is 14.6. The van der Waals surface area contributed by atoms with Gasteiger partial charge in [0, 0.05) is 23.1 Å². The number of hydrogen-bond acceptors (Lipinski definition) is 2. The van der Waals surface area contributed by atoms with E-state index in [0.29, 0.717) is 12.6 Å². The van der Waals surface area contributed by atoms with Crippen molar-refractivity contribution < 1.29 is 0 Å². The predicted molar refractivity (Wildman–Crippen MR) is 90.1 cm³/mol. The summed E-state index contributed by atoms with van der Waals surface area (Å²) in [5.41, 5.74) is 7.30. The molecule has 3 unspecified atom stereocenters. The topological polar surface area (TPSA) is 29.3 Å². The SMILES string of the molecule is CC1CCCCC1N(C)C(CN)c1ccc(Cl)c(Br)c1. The van der Waals surface area contributed by atoms with Gasteiger partial charge in [-0.05, 0) is 59.4 Å². The molecule has 1 saturated carbocycles. The highest BCUT2D eigenvalue weighted by molar-refractivity contribution is 9.10. The zero-order chi connectivity index (χ0) is 14.7. The zero-order valence-electron chi connectivity index (χ0n) is 12.3. The number of benzene rings is 1. The van der Waals surface area contributed by atoms with E-state index < -0.39 is 0 Å². The number of likely N-dealkylation sites (N-methyl/N-ethyl adjacent to an activating group) is 1. The van der Waals surface area contributed by atoms with E-state index in [2.05, 4.69) is 46.9 Å². The monoisotopic (exact) mass is 358 g/mol. The average molecular weight is 360 g/mol. The number of hydrogen-bond donors (Lipinski definition) is 1. The minimum Gasteiger partial charge on any atom is -0.329 e. The molecule has 1 fully saturated rings. The van der Waals surface area contributed by atoms with Crippen molar-refractivity contribution in [1.82, 2.24) is 4.90 Å². The van der Waals surface area contributed by atoms with E-state index in [9.17, 15) is 0 Å². The molecular formula is C16H24BrClN2. The van der Waals surface area contributed by atoms with Crippen LogP contribution in [0.25, 0.3) is 0 Å². The largest absolute Gasteiger partial charge is 0.329 e.